The summed E-state index contributed by atoms with van der Waals surface area (Å²) in [5.41, 5.74) is 19.8. The Morgan fingerprint density at radius 1 is 0.438 bits per heavy atom. The van der Waals surface area contributed by atoms with Gasteiger partial charge in [-0.15, -0.1) is 0 Å². The maximum atomic E-state index is 13.1. The van der Waals surface area contributed by atoms with Crippen LogP contribution in [0.4, 0.5) is 0 Å². The number of carbonyl (C=O) groups excluding carboxylic acids is 2. The fourth-order valence-electron chi connectivity index (χ4n) is 12.8. The van der Waals surface area contributed by atoms with Gasteiger partial charge in [0.1, 0.15) is 0 Å². The first kappa shape index (κ1) is 44.4. The summed E-state index contributed by atoms with van der Waals surface area (Å²) < 4.78 is 0. The summed E-state index contributed by atoms with van der Waals surface area (Å²) in [5.74, 6) is 4.31. The van der Waals surface area contributed by atoms with Crippen molar-refractivity contribution in [1.82, 2.24) is 0 Å². The molecule has 0 bridgehead atoms. The molecule has 4 aromatic rings. The molecule has 0 N–H and O–H groups in total. The van der Waals surface area contributed by atoms with Gasteiger partial charge in [0.05, 0.1) is 0 Å². The van der Waals surface area contributed by atoms with Crippen LogP contribution in [0.25, 0.3) is 22.3 Å². The second kappa shape index (κ2) is 20.1. The standard InChI is InChI=1S/2C31H36O/c2*1-3-7-22-13-15-23(16-14-22)8-6-11-28-26-10-5-4-9-24(26)19-29(28)31-27-17-12-21(2)18-25(27)20-30(31)32/h2*4-5,9-12,17-18,22-23H,3,6-8,13-16,19-20H2,1-2H3/b2*28-11?,31-29+. The molecule has 0 aliphatic heterocycles. The quantitative estimate of drug-likeness (QED) is 0.149. The van der Waals surface area contributed by atoms with E-state index in [4.69, 9.17) is 0 Å². The molecule has 0 heterocycles. The number of fused-ring (bicyclic) bond motifs is 4. The molecule has 10 rings (SSSR count). The number of hydrogen-bond donors (Lipinski definition) is 0. The Labute approximate surface area is 385 Å². The van der Waals surface area contributed by atoms with Gasteiger partial charge >= 0.3 is 0 Å². The van der Waals surface area contributed by atoms with Gasteiger partial charge in [-0.25, -0.2) is 0 Å². The van der Waals surface area contributed by atoms with E-state index < -0.39 is 0 Å². The fraction of sp³-hybridized carbons (Fsp3) is 0.452. The monoisotopic (exact) mass is 849 g/mol. The zero-order chi connectivity index (χ0) is 44.2. The van der Waals surface area contributed by atoms with Gasteiger partial charge in [0.25, 0.3) is 0 Å². The molecule has 0 spiro atoms. The average Bonchev–Trinajstić information content (AvgIpc) is 4.03. The van der Waals surface area contributed by atoms with Crippen molar-refractivity contribution in [3.8, 4) is 0 Å². The number of aryl methyl sites for hydroxylation is 2. The van der Waals surface area contributed by atoms with E-state index in [0.717, 1.165) is 60.5 Å². The Hall–Kier alpha value is -4.82. The first-order valence-electron chi connectivity index (χ1n) is 25.6. The molecule has 0 amide bonds. The van der Waals surface area contributed by atoms with E-state index in [0.29, 0.717) is 24.4 Å². The first-order valence-corrected chi connectivity index (χ1v) is 25.6. The molecular formula is C62H72O2. The number of allylic oxidation sites excluding steroid dienone is 8. The maximum Gasteiger partial charge on any atom is 0.168 e. The highest BCUT2D eigenvalue weighted by atomic mass is 16.1. The largest absolute Gasteiger partial charge is 0.294 e. The molecule has 6 aliphatic carbocycles. The zero-order valence-corrected chi connectivity index (χ0v) is 39.5. The minimum absolute atomic E-state index is 0.300. The number of hydrogen-bond acceptors (Lipinski definition) is 2. The van der Waals surface area contributed by atoms with Crippen molar-refractivity contribution in [2.45, 2.75) is 156 Å². The van der Waals surface area contributed by atoms with E-state index in [1.165, 1.54) is 168 Å². The maximum absolute atomic E-state index is 13.1. The van der Waals surface area contributed by atoms with Gasteiger partial charge in [-0.05, 0) is 143 Å². The van der Waals surface area contributed by atoms with Crippen molar-refractivity contribution < 1.29 is 9.59 Å². The van der Waals surface area contributed by atoms with Gasteiger partial charge in [0.2, 0.25) is 0 Å². The summed E-state index contributed by atoms with van der Waals surface area (Å²) in [6.07, 6.45) is 29.5. The van der Waals surface area contributed by atoms with E-state index in [1.807, 2.05) is 0 Å². The topological polar surface area (TPSA) is 34.1 Å². The summed E-state index contributed by atoms with van der Waals surface area (Å²) in [6.45, 7) is 8.86. The van der Waals surface area contributed by atoms with Gasteiger partial charge < -0.3 is 0 Å². The Balaban J connectivity index is 0.000000162. The predicted octanol–water partition coefficient (Wildman–Crippen LogP) is 15.8. The molecule has 2 nitrogen and oxygen atoms in total. The van der Waals surface area contributed by atoms with Gasteiger partial charge in [-0.2, -0.15) is 0 Å². The highest BCUT2D eigenvalue weighted by molar-refractivity contribution is 6.29. The molecule has 2 fully saturated rings. The summed E-state index contributed by atoms with van der Waals surface area (Å²) in [5, 5.41) is 0. The number of Topliss-reactive ketones (excluding diaryl/α,β-unsaturated/α-hetero) is 2. The number of rotatable bonds is 10. The SMILES string of the molecule is CCCC1CCC(CCC=C2/C(=C3/C(=O)Cc4cc(C)ccc43)Cc3ccccc32)CC1.CCCC1CCC(CCC=C2/C(=C3/C(=O)Cc4cc(C)ccc43)Cc3ccccc32)CC1. The van der Waals surface area contributed by atoms with Crippen LogP contribution in [-0.2, 0) is 35.3 Å². The third-order valence-electron chi connectivity index (χ3n) is 16.1. The van der Waals surface area contributed by atoms with Crippen LogP contribution >= 0.6 is 0 Å². The lowest BCUT2D eigenvalue weighted by molar-refractivity contribution is -0.113. The van der Waals surface area contributed by atoms with Crippen LogP contribution in [-0.4, -0.2) is 11.6 Å². The Kier molecular flexibility index (Phi) is 14.0. The Morgan fingerprint density at radius 2 is 0.812 bits per heavy atom. The Bertz CT molecular complexity index is 2330. The van der Waals surface area contributed by atoms with Crippen LogP contribution in [0.3, 0.4) is 0 Å². The lowest BCUT2D eigenvalue weighted by Crippen LogP contribution is -2.14. The van der Waals surface area contributed by atoms with Crippen molar-refractivity contribution in [2.24, 2.45) is 23.7 Å². The third-order valence-corrected chi connectivity index (χ3v) is 16.1. The molecule has 2 heteroatoms. The minimum Gasteiger partial charge on any atom is -0.294 e. The minimum atomic E-state index is 0.300. The van der Waals surface area contributed by atoms with Crippen LogP contribution in [0.15, 0.2) is 108 Å². The van der Waals surface area contributed by atoms with Gasteiger partial charge in [0.15, 0.2) is 11.6 Å². The molecule has 0 radical (unpaired) electrons. The van der Waals surface area contributed by atoms with Gasteiger partial charge in [0, 0.05) is 24.0 Å². The third kappa shape index (κ3) is 9.59. The molecule has 2 saturated carbocycles. The van der Waals surface area contributed by atoms with E-state index in [2.05, 4.69) is 125 Å². The molecule has 64 heavy (non-hydrogen) atoms. The second-order valence-corrected chi connectivity index (χ2v) is 20.6. The molecule has 0 unspecified atom stereocenters. The average molecular weight is 849 g/mol. The van der Waals surface area contributed by atoms with Crippen molar-refractivity contribution in [3.05, 3.63) is 164 Å². The Morgan fingerprint density at radius 3 is 1.20 bits per heavy atom. The van der Waals surface area contributed by atoms with Gasteiger partial charge in [-0.1, -0.05) is 199 Å². The first-order chi connectivity index (χ1) is 31.3. The van der Waals surface area contributed by atoms with Gasteiger partial charge in [-0.3, -0.25) is 9.59 Å². The molecular weight excluding hydrogens is 777 g/mol. The second-order valence-electron chi connectivity index (χ2n) is 20.6. The lowest BCUT2D eigenvalue weighted by Gasteiger charge is -2.28. The normalized spacial score (nSPS) is 25.9. The van der Waals surface area contributed by atoms with E-state index in [-0.39, 0.29) is 0 Å². The predicted molar refractivity (Wildman–Crippen MR) is 269 cm³/mol. The van der Waals surface area contributed by atoms with Crippen molar-refractivity contribution in [2.75, 3.05) is 0 Å². The molecule has 6 aliphatic rings. The summed E-state index contributed by atoms with van der Waals surface area (Å²) in [6, 6.07) is 30.6. The number of ketones is 2. The lowest BCUT2D eigenvalue weighted by atomic mass is 9.78. The van der Waals surface area contributed by atoms with Crippen LogP contribution in [0.5, 0.6) is 0 Å². The fourth-order valence-corrected chi connectivity index (χ4v) is 12.8. The number of benzene rings is 4. The molecule has 4 aromatic carbocycles. The van der Waals surface area contributed by atoms with Crippen LogP contribution < -0.4 is 0 Å². The van der Waals surface area contributed by atoms with Crippen LogP contribution in [0.2, 0.25) is 0 Å². The molecule has 332 valence electrons. The van der Waals surface area contributed by atoms with Crippen molar-refractivity contribution in [1.29, 1.82) is 0 Å². The summed E-state index contributed by atoms with van der Waals surface area (Å²) >= 11 is 0. The smallest absolute Gasteiger partial charge is 0.168 e. The van der Waals surface area contributed by atoms with E-state index >= 15 is 0 Å². The van der Waals surface area contributed by atoms with Crippen LogP contribution in [0.1, 0.15) is 172 Å². The van der Waals surface area contributed by atoms with Crippen molar-refractivity contribution in [3.63, 3.8) is 0 Å². The molecule has 0 saturated heterocycles. The number of carbonyl (C=O) groups is 2. The zero-order valence-electron chi connectivity index (χ0n) is 39.5. The molecule has 0 atom stereocenters. The summed E-state index contributed by atoms with van der Waals surface area (Å²) in [7, 11) is 0. The molecule has 0 aromatic heterocycles. The highest BCUT2D eigenvalue weighted by Crippen LogP contribution is 2.47. The highest BCUT2D eigenvalue weighted by Gasteiger charge is 2.34. The van der Waals surface area contributed by atoms with E-state index in [1.54, 1.807) is 0 Å². The summed E-state index contributed by atoms with van der Waals surface area (Å²) in [4.78, 5) is 26.3. The van der Waals surface area contributed by atoms with E-state index in [9.17, 15) is 9.59 Å². The van der Waals surface area contributed by atoms with Crippen LogP contribution in [0, 0.1) is 37.5 Å². The van der Waals surface area contributed by atoms with Crippen molar-refractivity contribution >= 4 is 33.9 Å².